The maximum absolute atomic E-state index is 13.4. The quantitative estimate of drug-likeness (QED) is 0.694. The molecule has 7 heteroatoms. The smallest absolute Gasteiger partial charge is 0.272 e. The molecule has 1 unspecified atom stereocenters. The van der Waals surface area contributed by atoms with Gasteiger partial charge >= 0.3 is 0 Å². The van der Waals surface area contributed by atoms with Gasteiger partial charge in [0, 0.05) is 18.3 Å². The minimum atomic E-state index is -2.66. The molecule has 0 amide bonds. The summed E-state index contributed by atoms with van der Waals surface area (Å²) >= 11 is 0. The highest BCUT2D eigenvalue weighted by atomic mass is 19.3. The van der Waals surface area contributed by atoms with Crippen molar-refractivity contribution in [3.63, 3.8) is 0 Å². The standard InChI is InChI=1S/C11H14F3NO3/c12-9-3-7(15-4-8(17)5-16)1-2-10(9)18-6-11(13)14/h1-3,8,11,15-17H,4-6H2. The molecular formula is C11H14F3NO3. The molecular weight excluding hydrogens is 251 g/mol. The maximum Gasteiger partial charge on any atom is 0.272 e. The molecule has 1 atom stereocenters. The molecule has 0 spiro atoms. The summed E-state index contributed by atoms with van der Waals surface area (Å²) in [6.07, 6.45) is -3.62. The number of hydrogen-bond acceptors (Lipinski definition) is 4. The van der Waals surface area contributed by atoms with Crippen LogP contribution in [0.1, 0.15) is 0 Å². The molecule has 1 rings (SSSR count). The molecule has 0 aliphatic carbocycles. The fourth-order valence-electron chi connectivity index (χ4n) is 1.18. The lowest BCUT2D eigenvalue weighted by Gasteiger charge is -2.12. The Hall–Kier alpha value is -1.47. The van der Waals surface area contributed by atoms with Gasteiger partial charge in [-0.1, -0.05) is 0 Å². The van der Waals surface area contributed by atoms with Crippen LogP contribution in [0.2, 0.25) is 0 Å². The lowest BCUT2D eigenvalue weighted by Crippen LogP contribution is -2.22. The third-order valence-corrected chi connectivity index (χ3v) is 2.05. The number of alkyl halides is 2. The van der Waals surface area contributed by atoms with Crippen LogP contribution in [-0.4, -0.2) is 42.5 Å². The van der Waals surface area contributed by atoms with Crippen LogP contribution in [0.4, 0.5) is 18.9 Å². The van der Waals surface area contributed by atoms with Gasteiger partial charge in [0.05, 0.1) is 12.7 Å². The molecule has 4 nitrogen and oxygen atoms in total. The van der Waals surface area contributed by atoms with Crippen LogP contribution in [0.5, 0.6) is 5.75 Å². The lowest BCUT2D eigenvalue weighted by molar-refractivity contribution is 0.0799. The average Bonchev–Trinajstić information content (AvgIpc) is 2.34. The number of ether oxygens (including phenoxy) is 1. The molecule has 0 radical (unpaired) electrons. The zero-order chi connectivity index (χ0) is 13.5. The van der Waals surface area contributed by atoms with Crippen molar-refractivity contribution in [1.29, 1.82) is 0 Å². The fraction of sp³-hybridized carbons (Fsp3) is 0.455. The Morgan fingerprint density at radius 3 is 2.61 bits per heavy atom. The van der Waals surface area contributed by atoms with Crippen molar-refractivity contribution in [3.05, 3.63) is 24.0 Å². The minimum absolute atomic E-state index is 0.0488. The van der Waals surface area contributed by atoms with E-state index < -0.39 is 31.6 Å². The number of aliphatic hydroxyl groups excluding tert-OH is 2. The van der Waals surface area contributed by atoms with Crippen LogP contribution in [0.25, 0.3) is 0 Å². The molecule has 3 N–H and O–H groups in total. The van der Waals surface area contributed by atoms with Crippen LogP contribution in [-0.2, 0) is 0 Å². The van der Waals surface area contributed by atoms with Crippen LogP contribution in [0.3, 0.4) is 0 Å². The monoisotopic (exact) mass is 265 g/mol. The maximum atomic E-state index is 13.4. The van der Waals surface area contributed by atoms with E-state index in [0.29, 0.717) is 5.69 Å². The van der Waals surface area contributed by atoms with E-state index >= 15 is 0 Å². The lowest BCUT2D eigenvalue weighted by atomic mass is 10.2. The van der Waals surface area contributed by atoms with E-state index in [0.717, 1.165) is 6.07 Å². The first-order valence-corrected chi connectivity index (χ1v) is 5.26. The summed E-state index contributed by atoms with van der Waals surface area (Å²) in [6.45, 7) is -1.23. The average molecular weight is 265 g/mol. The third kappa shape index (κ3) is 4.80. The first kappa shape index (κ1) is 14.6. The Balaban J connectivity index is 2.56. The number of halogens is 3. The molecule has 1 aromatic carbocycles. The predicted molar refractivity (Wildman–Crippen MR) is 59.5 cm³/mol. The molecule has 0 fully saturated rings. The molecule has 0 aliphatic heterocycles. The summed E-state index contributed by atoms with van der Waals surface area (Å²) in [6, 6.07) is 3.70. The second-order valence-corrected chi connectivity index (χ2v) is 3.56. The van der Waals surface area contributed by atoms with E-state index in [1.165, 1.54) is 12.1 Å². The van der Waals surface area contributed by atoms with Crippen LogP contribution < -0.4 is 10.1 Å². The highest BCUT2D eigenvalue weighted by Gasteiger charge is 2.09. The Morgan fingerprint density at radius 2 is 2.06 bits per heavy atom. The van der Waals surface area contributed by atoms with Crippen LogP contribution in [0, 0.1) is 5.82 Å². The second kappa shape index (κ2) is 7.07. The molecule has 102 valence electrons. The molecule has 0 saturated heterocycles. The molecule has 0 bridgehead atoms. The predicted octanol–water partition coefficient (Wildman–Crippen LogP) is 1.23. The van der Waals surface area contributed by atoms with Crippen molar-refractivity contribution in [2.45, 2.75) is 12.5 Å². The molecule has 18 heavy (non-hydrogen) atoms. The van der Waals surface area contributed by atoms with E-state index in [4.69, 9.17) is 10.2 Å². The Labute approximate surface area is 102 Å². The SMILES string of the molecule is OCC(O)CNc1ccc(OCC(F)F)c(F)c1. The van der Waals surface area contributed by atoms with E-state index in [1.54, 1.807) is 0 Å². The number of hydrogen-bond donors (Lipinski definition) is 3. The molecule has 0 heterocycles. The van der Waals surface area contributed by atoms with Gasteiger partial charge in [-0.25, -0.2) is 13.2 Å². The van der Waals surface area contributed by atoms with Gasteiger partial charge in [0.25, 0.3) is 6.43 Å². The second-order valence-electron chi connectivity index (χ2n) is 3.56. The van der Waals surface area contributed by atoms with Crippen LogP contribution >= 0.6 is 0 Å². The Kier molecular flexibility index (Phi) is 5.73. The molecule has 0 saturated carbocycles. The van der Waals surface area contributed by atoms with Gasteiger partial charge in [-0.2, -0.15) is 0 Å². The highest BCUT2D eigenvalue weighted by molar-refractivity contribution is 5.47. The van der Waals surface area contributed by atoms with E-state index in [9.17, 15) is 13.2 Å². The van der Waals surface area contributed by atoms with Crippen molar-refractivity contribution < 1.29 is 28.1 Å². The van der Waals surface area contributed by atoms with Gasteiger partial charge in [-0.05, 0) is 12.1 Å². The number of anilines is 1. The van der Waals surface area contributed by atoms with Gasteiger partial charge in [-0.3, -0.25) is 0 Å². The number of benzene rings is 1. The van der Waals surface area contributed by atoms with Crippen molar-refractivity contribution in [3.8, 4) is 5.75 Å². The van der Waals surface area contributed by atoms with Crippen molar-refractivity contribution in [1.82, 2.24) is 0 Å². The summed E-state index contributed by atoms with van der Waals surface area (Å²) in [5.74, 6) is -1.04. The molecule has 0 aliphatic rings. The normalized spacial score (nSPS) is 12.6. The first-order chi connectivity index (χ1) is 8.52. The van der Waals surface area contributed by atoms with Gasteiger partial charge in [0.1, 0.15) is 6.61 Å². The number of nitrogens with one attached hydrogen (secondary N) is 1. The van der Waals surface area contributed by atoms with Gasteiger partial charge in [-0.15, -0.1) is 0 Å². The summed E-state index contributed by atoms with van der Waals surface area (Å²) in [5, 5.41) is 20.3. The van der Waals surface area contributed by atoms with E-state index in [1.807, 2.05) is 0 Å². The van der Waals surface area contributed by atoms with Gasteiger partial charge in [0.15, 0.2) is 11.6 Å². The van der Waals surface area contributed by atoms with Crippen molar-refractivity contribution >= 4 is 5.69 Å². The number of rotatable bonds is 7. The zero-order valence-electron chi connectivity index (χ0n) is 9.44. The van der Waals surface area contributed by atoms with Crippen molar-refractivity contribution in [2.24, 2.45) is 0 Å². The summed E-state index contributed by atoms with van der Waals surface area (Å²) in [4.78, 5) is 0. The minimum Gasteiger partial charge on any atom is -0.485 e. The van der Waals surface area contributed by atoms with E-state index in [2.05, 4.69) is 10.1 Å². The van der Waals surface area contributed by atoms with E-state index in [-0.39, 0.29) is 12.3 Å². The van der Waals surface area contributed by atoms with Crippen molar-refractivity contribution in [2.75, 3.05) is 25.1 Å². The van der Waals surface area contributed by atoms with Gasteiger partial charge in [0.2, 0.25) is 0 Å². The first-order valence-electron chi connectivity index (χ1n) is 5.26. The van der Waals surface area contributed by atoms with Gasteiger partial charge < -0.3 is 20.3 Å². The zero-order valence-corrected chi connectivity index (χ0v) is 9.44. The number of aliphatic hydroxyl groups is 2. The summed E-state index contributed by atoms with van der Waals surface area (Å²) in [7, 11) is 0. The Bertz CT molecular complexity index is 377. The Morgan fingerprint density at radius 1 is 1.33 bits per heavy atom. The topological polar surface area (TPSA) is 61.7 Å². The highest BCUT2D eigenvalue weighted by Crippen LogP contribution is 2.21. The van der Waals surface area contributed by atoms with Crippen LogP contribution in [0.15, 0.2) is 18.2 Å². The fourth-order valence-corrected chi connectivity index (χ4v) is 1.18. The largest absolute Gasteiger partial charge is 0.485 e. The molecule has 0 aromatic heterocycles. The summed E-state index contributed by atoms with van der Waals surface area (Å²) < 4.78 is 41.7. The molecule has 1 aromatic rings. The third-order valence-electron chi connectivity index (χ3n) is 2.05. The summed E-state index contributed by atoms with van der Waals surface area (Å²) in [5.41, 5.74) is 0.351.